The van der Waals surface area contributed by atoms with E-state index in [4.69, 9.17) is 0 Å². The van der Waals surface area contributed by atoms with Crippen molar-refractivity contribution < 1.29 is 0 Å². The quantitative estimate of drug-likeness (QED) is 0.243. The van der Waals surface area contributed by atoms with Crippen molar-refractivity contribution in [1.82, 2.24) is 4.57 Å². The molecule has 0 amide bonds. The first-order valence-corrected chi connectivity index (χ1v) is 13.0. The van der Waals surface area contributed by atoms with Crippen molar-refractivity contribution >= 4 is 64.6 Å². The summed E-state index contributed by atoms with van der Waals surface area (Å²) < 4.78 is 1.41. The van der Waals surface area contributed by atoms with Crippen molar-refractivity contribution in [2.75, 3.05) is 0 Å². The summed E-state index contributed by atoms with van der Waals surface area (Å²) in [6, 6.07) is 16.2. The van der Waals surface area contributed by atoms with Crippen molar-refractivity contribution in [2.24, 2.45) is 5.92 Å². The number of aromatic nitrogens is 1. The predicted octanol–water partition coefficient (Wildman–Crippen LogP) is 6.84. The van der Waals surface area contributed by atoms with E-state index in [-0.39, 0.29) is 17.0 Å². The lowest BCUT2D eigenvalue weighted by atomic mass is 9.92. The van der Waals surface area contributed by atoms with Crippen LogP contribution in [-0.2, 0) is 6.54 Å². The summed E-state index contributed by atoms with van der Waals surface area (Å²) in [5, 5.41) is 29.7. The van der Waals surface area contributed by atoms with Crippen LogP contribution in [-0.4, -0.2) is 4.57 Å². The Morgan fingerprint density at radius 3 is 1.70 bits per heavy atom. The van der Waals surface area contributed by atoms with E-state index in [1.165, 1.54) is 4.57 Å². The van der Waals surface area contributed by atoms with Crippen LogP contribution < -0.4 is 11.1 Å². The zero-order valence-electron chi connectivity index (χ0n) is 20.7. The normalized spacial score (nSPS) is 13.2. The lowest BCUT2D eigenvalue weighted by Crippen LogP contribution is -2.29. The fourth-order valence-corrected chi connectivity index (χ4v) is 6.76. The Labute approximate surface area is 212 Å². The first-order valence-electron chi connectivity index (χ1n) is 13.0. The summed E-state index contributed by atoms with van der Waals surface area (Å²) in [5.74, 6) is 0.241. The number of nitrogens with zero attached hydrogens (tertiary/aromatic N) is 3. The second kappa shape index (κ2) is 7.51. The number of benzene rings is 5. The SMILES string of the molecule is CCCC[C@@H](CC)Cn1c(=O)c2c3cc(C#N)c4ccc5ccc6c(C#N)cc(c2c1=O)c1c6c5c4c31. The van der Waals surface area contributed by atoms with Crippen LogP contribution in [0.1, 0.15) is 50.7 Å². The van der Waals surface area contributed by atoms with Gasteiger partial charge in [-0.25, -0.2) is 0 Å². The molecule has 0 radical (unpaired) electrons. The highest BCUT2D eigenvalue weighted by Gasteiger charge is 2.29. The van der Waals surface area contributed by atoms with Gasteiger partial charge in [-0.3, -0.25) is 14.2 Å². The molecule has 0 unspecified atom stereocenters. The van der Waals surface area contributed by atoms with Crippen LogP contribution in [0, 0.1) is 28.6 Å². The third-order valence-corrected chi connectivity index (χ3v) is 8.56. The average Bonchev–Trinajstić information content (AvgIpc) is 3.41. The second-order valence-corrected chi connectivity index (χ2v) is 10.4. The Morgan fingerprint density at radius 2 is 1.24 bits per heavy atom. The zero-order chi connectivity index (χ0) is 25.6. The van der Waals surface area contributed by atoms with Crippen LogP contribution in [0.5, 0.6) is 0 Å². The van der Waals surface area contributed by atoms with Crippen LogP contribution in [0.15, 0.2) is 46.0 Å². The molecule has 0 saturated heterocycles. The van der Waals surface area contributed by atoms with E-state index in [0.717, 1.165) is 68.8 Å². The van der Waals surface area contributed by atoms with Crippen molar-refractivity contribution in [2.45, 2.75) is 46.1 Å². The fraction of sp³-hybridized carbons (Fsp3) is 0.250. The average molecular weight is 482 g/mol. The third-order valence-electron chi connectivity index (χ3n) is 8.56. The second-order valence-electron chi connectivity index (χ2n) is 10.4. The maximum absolute atomic E-state index is 14.0. The highest BCUT2D eigenvalue weighted by Crippen LogP contribution is 2.51. The molecule has 178 valence electrons. The molecular weight excluding hydrogens is 458 g/mol. The topological polar surface area (TPSA) is 86.7 Å². The lowest BCUT2D eigenvalue weighted by Gasteiger charge is -2.13. The number of unbranched alkanes of at least 4 members (excludes halogenated alkanes) is 1. The molecule has 0 aliphatic carbocycles. The van der Waals surface area contributed by atoms with Gasteiger partial charge in [-0.2, -0.15) is 10.5 Å². The standard InChI is InChI=1S/C32H23N3O2/c1-3-5-6-16(4-2)15-35-31(36)29-22-11-18(13-33)20-9-7-17-8-10-21-19(14-34)12-23(30(29)32(35)37)28-26(21)24(17)25(20)27(22)28/h7-12,16H,3-6,15H2,1-2H3/t16-/m1/s1. The molecule has 0 aliphatic heterocycles. The van der Waals surface area contributed by atoms with E-state index >= 15 is 0 Å². The monoisotopic (exact) mass is 481 g/mol. The van der Waals surface area contributed by atoms with Crippen LogP contribution in [0.4, 0.5) is 0 Å². The molecule has 6 aromatic carbocycles. The maximum atomic E-state index is 14.0. The fourth-order valence-electron chi connectivity index (χ4n) is 6.76. The van der Waals surface area contributed by atoms with Gasteiger partial charge in [-0.05, 0) is 67.6 Å². The number of hydrogen-bond acceptors (Lipinski definition) is 4. The molecule has 5 nitrogen and oxygen atoms in total. The number of hydrogen-bond donors (Lipinski definition) is 0. The minimum absolute atomic E-state index is 0.241. The Kier molecular flexibility index (Phi) is 4.42. The largest absolute Gasteiger partial charge is 0.274 e. The van der Waals surface area contributed by atoms with Crippen molar-refractivity contribution in [1.29, 1.82) is 10.5 Å². The van der Waals surface area contributed by atoms with Crippen molar-refractivity contribution in [3.05, 3.63) is 68.2 Å². The van der Waals surface area contributed by atoms with E-state index in [1.54, 1.807) is 12.1 Å². The van der Waals surface area contributed by atoms with E-state index in [9.17, 15) is 20.1 Å². The molecule has 7 rings (SSSR count). The van der Waals surface area contributed by atoms with E-state index < -0.39 is 0 Å². The number of nitriles is 2. The third kappa shape index (κ3) is 2.56. The van der Waals surface area contributed by atoms with E-state index in [2.05, 4.69) is 26.0 Å². The van der Waals surface area contributed by atoms with Gasteiger partial charge < -0.3 is 0 Å². The number of rotatable bonds is 6. The molecule has 1 aromatic heterocycles. The van der Waals surface area contributed by atoms with Gasteiger partial charge in [0, 0.05) is 17.3 Å². The Balaban J connectivity index is 1.75. The van der Waals surface area contributed by atoms with Gasteiger partial charge in [0.1, 0.15) is 0 Å². The first-order chi connectivity index (χ1) is 18.0. The molecule has 1 atom stereocenters. The number of fused-ring (bicyclic) bond motifs is 3. The Hall–Kier alpha value is -4.48. The minimum atomic E-state index is -0.290. The summed E-state index contributed by atoms with van der Waals surface area (Å²) in [6.07, 6.45) is 3.98. The zero-order valence-corrected chi connectivity index (χ0v) is 20.7. The van der Waals surface area contributed by atoms with E-state index in [1.807, 2.05) is 24.3 Å². The molecule has 0 bridgehead atoms. The summed E-state index contributed by atoms with van der Waals surface area (Å²) >= 11 is 0. The van der Waals surface area contributed by atoms with Gasteiger partial charge in [0.05, 0.1) is 34.0 Å². The van der Waals surface area contributed by atoms with Crippen molar-refractivity contribution in [3.8, 4) is 12.1 Å². The minimum Gasteiger partial charge on any atom is -0.274 e. The van der Waals surface area contributed by atoms with Crippen LogP contribution in [0.3, 0.4) is 0 Å². The summed E-state index contributed by atoms with van der Waals surface area (Å²) in [7, 11) is 0. The molecule has 37 heavy (non-hydrogen) atoms. The summed E-state index contributed by atoms with van der Waals surface area (Å²) in [5.41, 5.74) is 0.400. The maximum Gasteiger partial charge on any atom is 0.262 e. The molecule has 7 aromatic rings. The first kappa shape index (κ1) is 21.8. The Morgan fingerprint density at radius 1 is 0.730 bits per heavy atom. The van der Waals surface area contributed by atoms with Gasteiger partial charge in [-0.15, -0.1) is 0 Å². The molecule has 0 spiro atoms. The summed E-state index contributed by atoms with van der Waals surface area (Å²) in [4.78, 5) is 28.0. The van der Waals surface area contributed by atoms with Crippen molar-refractivity contribution in [3.63, 3.8) is 0 Å². The Bertz CT molecular complexity index is 2070. The van der Waals surface area contributed by atoms with Crippen LogP contribution in [0.25, 0.3) is 64.6 Å². The molecule has 0 aliphatic rings. The van der Waals surface area contributed by atoms with Gasteiger partial charge in [-0.1, -0.05) is 57.4 Å². The molecule has 0 fully saturated rings. The highest BCUT2D eigenvalue weighted by atomic mass is 16.2. The molecule has 0 N–H and O–H groups in total. The summed E-state index contributed by atoms with van der Waals surface area (Å²) in [6.45, 7) is 4.63. The van der Waals surface area contributed by atoms with Crippen LogP contribution in [0.2, 0.25) is 0 Å². The molecule has 1 heterocycles. The smallest absolute Gasteiger partial charge is 0.262 e. The van der Waals surface area contributed by atoms with Gasteiger partial charge in [0.2, 0.25) is 0 Å². The predicted molar refractivity (Wildman–Crippen MR) is 149 cm³/mol. The van der Waals surface area contributed by atoms with Crippen LogP contribution >= 0.6 is 0 Å². The molecule has 0 saturated carbocycles. The highest BCUT2D eigenvalue weighted by molar-refractivity contribution is 6.48. The van der Waals surface area contributed by atoms with Gasteiger partial charge in [0.25, 0.3) is 11.1 Å². The van der Waals surface area contributed by atoms with E-state index in [0.29, 0.717) is 39.2 Å². The van der Waals surface area contributed by atoms with Gasteiger partial charge in [0.15, 0.2) is 0 Å². The van der Waals surface area contributed by atoms with Gasteiger partial charge >= 0.3 is 0 Å². The lowest BCUT2D eigenvalue weighted by molar-refractivity contribution is 0.384. The molecule has 5 heteroatoms. The molecular formula is C32H23N3O2.